The Morgan fingerprint density at radius 2 is 2.05 bits per heavy atom. The summed E-state index contributed by atoms with van der Waals surface area (Å²) < 4.78 is 2.60. The van der Waals surface area contributed by atoms with Gasteiger partial charge in [0.1, 0.15) is 0 Å². The van der Waals surface area contributed by atoms with Crippen molar-refractivity contribution < 1.29 is 0 Å². The van der Waals surface area contributed by atoms with E-state index in [9.17, 15) is 0 Å². The average molecular weight is 260 g/mol. The molecule has 1 aliphatic rings. The molecule has 104 valence electrons. The Morgan fingerprint density at radius 3 is 2.68 bits per heavy atom. The molecule has 0 unspecified atom stereocenters. The van der Waals surface area contributed by atoms with E-state index in [1.54, 1.807) is 0 Å². The van der Waals surface area contributed by atoms with Crippen LogP contribution in [0.5, 0.6) is 0 Å². The number of aromatic nitrogens is 1. The first-order valence-corrected chi connectivity index (χ1v) is 7.51. The predicted molar refractivity (Wildman–Crippen MR) is 85.4 cm³/mol. The van der Waals surface area contributed by atoms with Crippen LogP contribution in [0.25, 0.3) is 0 Å². The zero-order valence-corrected chi connectivity index (χ0v) is 12.8. The first kappa shape index (κ1) is 14.5. The van der Waals surface area contributed by atoms with Crippen molar-refractivity contribution >= 4 is 19.8 Å². The number of nitrogens with zero attached hydrogens (tertiary/aromatic N) is 3. The predicted octanol–water partition coefficient (Wildman–Crippen LogP) is 2.45. The van der Waals surface area contributed by atoms with Gasteiger partial charge in [0.15, 0.2) is 0 Å². The van der Waals surface area contributed by atoms with Gasteiger partial charge in [0, 0.05) is 6.20 Å². The Balaban J connectivity index is 2.07. The Hall–Kier alpha value is -0.870. The number of hydrogen-bond acceptors (Lipinski definition) is 3. The highest BCUT2D eigenvalue weighted by atomic mass is 15.4. The second-order valence-electron chi connectivity index (χ2n) is 5.63. The first-order valence-electron chi connectivity index (χ1n) is 7.51. The number of H-pyrrole nitrogens is 1. The lowest BCUT2D eigenvalue weighted by molar-refractivity contribution is 0.433. The molecule has 2 rings (SSSR count). The highest BCUT2D eigenvalue weighted by Gasteiger charge is 2.39. The summed E-state index contributed by atoms with van der Waals surface area (Å²) in [6.45, 7) is 10.0. The molecule has 1 aromatic rings. The van der Waals surface area contributed by atoms with Crippen LogP contribution in [0.4, 0.5) is 5.82 Å². The van der Waals surface area contributed by atoms with Crippen LogP contribution in [0.2, 0.25) is 13.6 Å². The Bertz CT molecular complexity index is 371. The second-order valence-corrected chi connectivity index (χ2v) is 5.63. The van der Waals surface area contributed by atoms with Crippen molar-refractivity contribution in [1.29, 1.82) is 0 Å². The largest absolute Gasteiger partial charge is 0.376 e. The van der Waals surface area contributed by atoms with E-state index in [2.05, 4.69) is 59.1 Å². The number of anilines is 1. The fraction of sp³-hybridized carbons (Fsp3) is 0.692. The van der Waals surface area contributed by atoms with Gasteiger partial charge in [-0.05, 0) is 32.1 Å². The van der Waals surface area contributed by atoms with Crippen LogP contribution in [0.1, 0.15) is 26.2 Å². The van der Waals surface area contributed by atoms with Gasteiger partial charge in [-0.1, -0.05) is 33.4 Å². The van der Waals surface area contributed by atoms with Gasteiger partial charge in [0.05, 0.1) is 12.5 Å². The third-order valence-electron chi connectivity index (χ3n) is 4.34. The van der Waals surface area contributed by atoms with Crippen molar-refractivity contribution in [2.45, 2.75) is 39.8 Å². The van der Waals surface area contributed by atoms with Gasteiger partial charge >= 0.3 is 6.98 Å². The Kier molecular flexibility index (Phi) is 4.99. The van der Waals surface area contributed by atoms with Gasteiger partial charge in [0.2, 0.25) is 0 Å². The summed E-state index contributed by atoms with van der Waals surface area (Å²) in [5, 5.41) is 0. The number of aromatic amines is 1. The van der Waals surface area contributed by atoms with E-state index in [1.165, 1.54) is 31.6 Å². The Morgan fingerprint density at radius 1 is 1.26 bits per heavy atom. The van der Waals surface area contributed by atoms with Gasteiger partial charge in [-0.3, -0.25) is 0 Å². The maximum Gasteiger partial charge on any atom is 0.331 e. The number of hydrogen-bond donors (Lipinski definition) is 1. The third-order valence-corrected chi connectivity index (χ3v) is 4.34. The minimum atomic E-state index is 0.446. The van der Waals surface area contributed by atoms with Gasteiger partial charge in [-0.2, -0.15) is 0 Å². The minimum Gasteiger partial charge on any atom is -0.376 e. The number of nitrogens with one attached hydrogen (secondary N) is 1. The van der Waals surface area contributed by atoms with Crippen molar-refractivity contribution in [2.75, 3.05) is 25.1 Å². The van der Waals surface area contributed by atoms with E-state index in [0.717, 1.165) is 6.67 Å². The lowest BCUT2D eigenvalue weighted by Crippen LogP contribution is -2.69. The van der Waals surface area contributed by atoms with Crippen LogP contribution >= 0.6 is 0 Å². The van der Waals surface area contributed by atoms with Crippen LogP contribution in [0, 0.1) is 0 Å². The van der Waals surface area contributed by atoms with Crippen LogP contribution in [0.3, 0.4) is 0 Å². The standard InChI is InChI=1S/C13H26B2N4/c1-5-6-7-11-19-14(2)17(4)12-18(15(19)3)13-9-8-10-16-13/h8-10,16H,5-7,11-12H2,1-4H3. The highest BCUT2D eigenvalue weighted by molar-refractivity contribution is 6.73. The van der Waals surface area contributed by atoms with Crippen LogP contribution in [0.15, 0.2) is 18.3 Å². The molecule has 2 heterocycles. The lowest BCUT2D eigenvalue weighted by Gasteiger charge is -2.48. The van der Waals surface area contributed by atoms with Gasteiger partial charge in [-0.25, -0.2) is 0 Å². The molecule has 6 heteroatoms. The van der Waals surface area contributed by atoms with Gasteiger partial charge in [0.25, 0.3) is 6.98 Å². The molecule has 4 nitrogen and oxygen atoms in total. The van der Waals surface area contributed by atoms with Crippen molar-refractivity contribution in [3.8, 4) is 0 Å². The molecule has 19 heavy (non-hydrogen) atoms. The topological polar surface area (TPSA) is 25.5 Å². The SMILES string of the molecule is CCCCCN1B(C)N(C)CN(c2ccc[nH]2)B1C. The zero-order chi connectivity index (χ0) is 13.8. The number of rotatable bonds is 5. The monoisotopic (exact) mass is 260 g/mol. The van der Waals surface area contributed by atoms with Gasteiger partial charge < -0.3 is 19.3 Å². The van der Waals surface area contributed by atoms with Crippen molar-refractivity contribution in [1.82, 2.24) is 14.5 Å². The van der Waals surface area contributed by atoms with E-state index in [0.29, 0.717) is 14.0 Å². The molecule has 1 aromatic heterocycles. The van der Waals surface area contributed by atoms with E-state index < -0.39 is 0 Å². The molecule has 1 N–H and O–H groups in total. The maximum absolute atomic E-state index is 3.33. The fourth-order valence-corrected chi connectivity index (χ4v) is 2.92. The molecule has 0 atom stereocenters. The smallest absolute Gasteiger partial charge is 0.331 e. The molecule has 0 amide bonds. The zero-order valence-electron chi connectivity index (χ0n) is 12.8. The second kappa shape index (κ2) is 6.53. The van der Waals surface area contributed by atoms with Crippen molar-refractivity contribution in [3.63, 3.8) is 0 Å². The fourth-order valence-electron chi connectivity index (χ4n) is 2.92. The van der Waals surface area contributed by atoms with Crippen LogP contribution in [-0.2, 0) is 0 Å². The molecule has 0 saturated carbocycles. The van der Waals surface area contributed by atoms with E-state index in [-0.39, 0.29) is 0 Å². The molecular weight excluding hydrogens is 234 g/mol. The molecule has 1 fully saturated rings. The minimum absolute atomic E-state index is 0.446. The molecular formula is C13H26B2N4. The summed E-state index contributed by atoms with van der Waals surface area (Å²) >= 11 is 0. The summed E-state index contributed by atoms with van der Waals surface area (Å²) in [7, 11) is 2.21. The molecule has 0 aromatic carbocycles. The number of unbranched alkanes of at least 4 members (excludes halogenated alkanes) is 2. The van der Waals surface area contributed by atoms with Crippen LogP contribution in [-0.4, -0.2) is 48.7 Å². The molecule has 0 aliphatic carbocycles. The molecule has 1 aliphatic heterocycles. The first-order chi connectivity index (χ1) is 9.15. The van der Waals surface area contributed by atoms with E-state index >= 15 is 0 Å². The molecule has 0 radical (unpaired) electrons. The van der Waals surface area contributed by atoms with E-state index in [4.69, 9.17) is 0 Å². The quantitative estimate of drug-likeness (QED) is 0.650. The normalized spacial score (nSPS) is 18.4. The highest BCUT2D eigenvalue weighted by Crippen LogP contribution is 2.21. The summed E-state index contributed by atoms with van der Waals surface area (Å²) in [6.07, 6.45) is 5.90. The van der Waals surface area contributed by atoms with Crippen molar-refractivity contribution in [3.05, 3.63) is 18.3 Å². The van der Waals surface area contributed by atoms with E-state index in [1.807, 2.05) is 6.20 Å². The summed E-state index contributed by atoms with van der Waals surface area (Å²) in [6, 6.07) is 4.23. The molecule has 0 bridgehead atoms. The van der Waals surface area contributed by atoms with Gasteiger partial charge in [-0.15, -0.1) is 0 Å². The molecule has 1 saturated heterocycles. The van der Waals surface area contributed by atoms with Crippen LogP contribution < -0.4 is 4.81 Å². The van der Waals surface area contributed by atoms with Crippen molar-refractivity contribution in [2.24, 2.45) is 0 Å². The maximum atomic E-state index is 3.33. The summed E-state index contributed by atoms with van der Waals surface area (Å²) in [4.78, 5) is 8.18. The summed E-state index contributed by atoms with van der Waals surface area (Å²) in [5.41, 5.74) is 0. The summed E-state index contributed by atoms with van der Waals surface area (Å²) in [5.74, 6) is 1.21. The average Bonchev–Trinajstić information content (AvgIpc) is 2.92. The third kappa shape index (κ3) is 3.18. The lowest BCUT2D eigenvalue weighted by atomic mass is 9.57. The Labute approximate surface area is 118 Å². The molecule has 0 spiro atoms.